The molecule has 2 heterocycles. The third kappa shape index (κ3) is 4.43. The molecule has 1 aromatic carbocycles. The fourth-order valence-electron chi connectivity index (χ4n) is 3.18. The van der Waals surface area contributed by atoms with Crippen molar-refractivity contribution in [3.8, 4) is 5.75 Å². The minimum atomic E-state index is 0.0734. The van der Waals surface area contributed by atoms with E-state index in [0.717, 1.165) is 64.7 Å². The quantitative estimate of drug-likeness (QED) is 0.893. The summed E-state index contributed by atoms with van der Waals surface area (Å²) in [6.07, 6.45) is 1.26. The molecule has 0 spiro atoms. The van der Waals surface area contributed by atoms with E-state index in [-0.39, 0.29) is 6.10 Å². The standard InChI is InChI=1S/C17H26N2O3/c20-16-4-1-3-15(13-16)17-14-19(9-12-22-17)6-2-5-18-7-10-21-11-8-18/h1,3-4,13,17,20H,2,5-12,14H2/t17-/m0/s1. The van der Waals surface area contributed by atoms with E-state index in [4.69, 9.17) is 9.47 Å². The number of nitrogens with zero attached hydrogens (tertiary/aromatic N) is 2. The number of ether oxygens (including phenoxy) is 2. The molecule has 5 heteroatoms. The number of rotatable bonds is 5. The highest BCUT2D eigenvalue weighted by molar-refractivity contribution is 5.29. The van der Waals surface area contributed by atoms with E-state index >= 15 is 0 Å². The minimum absolute atomic E-state index is 0.0734. The average Bonchev–Trinajstić information content (AvgIpc) is 2.56. The van der Waals surface area contributed by atoms with Crippen molar-refractivity contribution < 1.29 is 14.6 Å². The molecular weight excluding hydrogens is 280 g/mol. The second kappa shape index (κ2) is 7.92. The van der Waals surface area contributed by atoms with Crippen molar-refractivity contribution >= 4 is 0 Å². The number of hydrogen-bond acceptors (Lipinski definition) is 5. The molecule has 2 aliphatic heterocycles. The number of aromatic hydroxyl groups is 1. The van der Waals surface area contributed by atoms with Gasteiger partial charge in [0, 0.05) is 26.2 Å². The van der Waals surface area contributed by atoms with Gasteiger partial charge in [-0.1, -0.05) is 12.1 Å². The van der Waals surface area contributed by atoms with Gasteiger partial charge >= 0.3 is 0 Å². The first-order valence-electron chi connectivity index (χ1n) is 8.24. The van der Waals surface area contributed by atoms with Crippen molar-refractivity contribution in [2.24, 2.45) is 0 Å². The lowest BCUT2D eigenvalue weighted by atomic mass is 10.1. The van der Waals surface area contributed by atoms with Crippen molar-refractivity contribution in [1.82, 2.24) is 9.80 Å². The molecule has 2 aliphatic rings. The molecule has 0 aliphatic carbocycles. The van der Waals surface area contributed by atoms with E-state index < -0.39 is 0 Å². The van der Waals surface area contributed by atoms with Crippen molar-refractivity contribution in [2.45, 2.75) is 12.5 Å². The molecule has 1 aromatic rings. The van der Waals surface area contributed by atoms with E-state index in [1.54, 1.807) is 6.07 Å². The maximum absolute atomic E-state index is 9.61. The van der Waals surface area contributed by atoms with Gasteiger partial charge in [-0.3, -0.25) is 9.80 Å². The van der Waals surface area contributed by atoms with Crippen LogP contribution >= 0.6 is 0 Å². The maximum atomic E-state index is 9.61. The zero-order chi connectivity index (χ0) is 15.2. The average molecular weight is 306 g/mol. The lowest BCUT2D eigenvalue weighted by Crippen LogP contribution is -2.41. The molecule has 0 unspecified atom stereocenters. The van der Waals surface area contributed by atoms with Gasteiger partial charge in [-0.2, -0.15) is 0 Å². The first-order valence-corrected chi connectivity index (χ1v) is 8.24. The molecule has 0 aromatic heterocycles. The normalized spacial score (nSPS) is 24.5. The fourth-order valence-corrected chi connectivity index (χ4v) is 3.18. The molecule has 122 valence electrons. The summed E-state index contributed by atoms with van der Waals surface area (Å²) in [6, 6.07) is 7.42. The Labute approximate surface area is 132 Å². The van der Waals surface area contributed by atoms with Crippen LogP contribution in [0.2, 0.25) is 0 Å². The van der Waals surface area contributed by atoms with Gasteiger partial charge in [-0.05, 0) is 37.2 Å². The van der Waals surface area contributed by atoms with Gasteiger partial charge in [0.2, 0.25) is 0 Å². The third-order valence-corrected chi connectivity index (χ3v) is 4.44. The fraction of sp³-hybridized carbons (Fsp3) is 0.647. The van der Waals surface area contributed by atoms with Crippen LogP contribution in [-0.4, -0.2) is 74.0 Å². The first-order chi connectivity index (χ1) is 10.8. The van der Waals surface area contributed by atoms with Crippen molar-refractivity contribution in [2.75, 3.05) is 59.1 Å². The molecule has 1 atom stereocenters. The highest BCUT2D eigenvalue weighted by Gasteiger charge is 2.22. The third-order valence-electron chi connectivity index (χ3n) is 4.44. The van der Waals surface area contributed by atoms with Crippen LogP contribution in [0.4, 0.5) is 0 Å². The molecule has 0 amide bonds. The second-order valence-electron chi connectivity index (χ2n) is 6.06. The summed E-state index contributed by atoms with van der Waals surface area (Å²) in [5, 5.41) is 9.61. The lowest BCUT2D eigenvalue weighted by molar-refractivity contribution is -0.0318. The summed E-state index contributed by atoms with van der Waals surface area (Å²) in [5.74, 6) is 0.311. The minimum Gasteiger partial charge on any atom is -0.508 e. The SMILES string of the molecule is Oc1cccc([C@@H]2CN(CCCN3CCOCC3)CCO2)c1. The van der Waals surface area contributed by atoms with E-state index in [1.807, 2.05) is 18.2 Å². The van der Waals surface area contributed by atoms with Crippen LogP contribution in [0, 0.1) is 0 Å². The zero-order valence-corrected chi connectivity index (χ0v) is 13.1. The number of hydrogen-bond donors (Lipinski definition) is 1. The topological polar surface area (TPSA) is 45.2 Å². The Morgan fingerprint density at radius 3 is 2.64 bits per heavy atom. The summed E-state index contributed by atoms with van der Waals surface area (Å²) in [4.78, 5) is 4.95. The van der Waals surface area contributed by atoms with Gasteiger partial charge < -0.3 is 14.6 Å². The number of morpholine rings is 2. The van der Waals surface area contributed by atoms with Gasteiger partial charge in [0.05, 0.1) is 25.9 Å². The Morgan fingerprint density at radius 2 is 1.82 bits per heavy atom. The van der Waals surface area contributed by atoms with Crippen LogP contribution in [0.15, 0.2) is 24.3 Å². The molecule has 2 saturated heterocycles. The highest BCUT2D eigenvalue weighted by Crippen LogP contribution is 2.24. The summed E-state index contributed by atoms with van der Waals surface area (Å²) < 4.78 is 11.2. The van der Waals surface area contributed by atoms with E-state index in [0.29, 0.717) is 5.75 Å². The molecule has 0 bridgehead atoms. The van der Waals surface area contributed by atoms with Crippen LogP contribution in [0.1, 0.15) is 18.1 Å². The van der Waals surface area contributed by atoms with Crippen molar-refractivity contribution in [3.05, 3.63) is 29.8 Å². The van der Waals surface area contributed by atoms with Crippen LogP contribution in [0.3, 0.4) is 0 Å². The van der Waals surface area contributed by atoms with E-state index in [1.165, 1.54) is 6.42 Å². The van der Waals surface area contributed by atoms with Crippen molar-refractivity contribution in [3.63, 3.8) is 0 Å². The van der Waals surface area contributed by atoms with Crippen LogP contribution in [-0.2, 0) is 9.47 Å². The molecule has 0 saturated carbocycles. The lowest BCUT2D eigenvalue weighted by Gasteiger charge is -2.34. The molecule has 5 nitrogen and oxygen atoms in total. The monoisotopic (exact) mass is 306 g/mol. The first kappa shape index (κ1) is 15.7. The molecule has 22 heavy (non-hydrogen) atoms. The Balaban J connectivity index is 1.44. The van der Waals surface area contributed by atoms with Gasteiger partial charge in [-0.25, -0.2) is 0 Å². The Bertz CT molecular complexity index is 463. The molecule has 0 radical (unpaired) electrons. The van der Waals surface area contributed by atoms with Crippen LogP contribution < -0.4 is 0 Å². The summed E-state index contributed by atoms with van der Waals surface area (Å²) in [5.41, 5.74) is 1.07. The Morgan fingerprint density at radius 1 is 1.05 bits per heavy atom. The summed E-state index contributed by atoms with van der Waals surface area (Å²) in [6.45, 7) is 8.80. The van der Waals surface area contributed by atoms with Gasteiger partial charge in [0.1, 0.15) is 5.75 Å². The van der Waals surface area contributed by atoms with Crippen LogP contribution in [0.25, 0.3) is 0 Å². The van der Waals surface area contributed by atoms with Gasteiger partial charge in [0.25, 0.3) is 0 Å². The predicted molar refractivity (Wildman–Crippen MR) is 85.1 cm³/mol. The van der Waals surface area contributed by atoms with Crippen LogP contribution in [0.5, 0.6) is 5.75 Å². The summed E-state index contributed by atoms with van der Waals surface area (Å²) in [7, 11) is 0. The van der Waals surface area contributed by atoms with Gasteiger partial charge in [-0.15, -0.1) is 0 Å². The molecular formula is C17H26N2O3. The number of benzene rings is 1. The smallest absolute Gasteiger partial charge is 0.115 e. The molecule has 2 fully saturated rings. The Hall–Kier alpha value is -1.14. The number of phenols is 1. The van der Waals surface area contributed by atoms with E-state index in [9.17, 15) is 5.11 Å². The second-order valence-corrected chi connectivity index (χ2v) is 6.06. The highest BCUT2D eigenvalue weighted by atomic mass is 16.5. The number of phenolic OH excluding ortho intramolecular Hbond substituents is 1. The predicted octanol–water partition coefficient (Wildman–Crippen LogP) is 1.49. The molecule has 3 rings (SSSR count). The zero-order valence-electron chi connectivity index (χ0n) is 13.1. The van der Waals surface area contributed by atoms with Crippen molar-refractivity contribution in [1.29, 1.82) is 0 Å². The summed E-state index contributed by atoms with van der Waals surface area (Å²) >= 11 is 0. The maximum Gasteiger partial charge on any atom is 0.115 e. The molecule has 1 N–H and O–H groups in total. The van der Waals surface area contributed by atoms with Gasteiger partial charge in [0.15, 0.2) is 0 Å². The Kier molecular flexibility index (Phi) is 5.67. The van der Waals surface area contributed by atoms with E-state index in [2.05, 4.69) is 9.80 Å². The largest absolute Gasteiger partial charge is 0.508 e.